The molecule has 0 atom stereocenters. The average Bonchev–Trinajstić information content (AvgIpc) is 2.29. The Morgan fingerprint density at radius 2 is 1.80 bits per heavy atom. The molecule has 0 N–H and O–H groups in total. The summed E-state index contributed by atoms with van der Waals surface area (Å²) in [4.78, 5) is 12.8. The fourth-order valence-electron chi connectivity index (χ4n) is 2.11. The van der Waals surface area contributed by atoms with Gasteiger partial charge in [-0.3, -0.25) is 0 Å². The Balaban J connectivity index is 2.22. The van der Waals surface area contributed by atoms with Crippen LogP contribution in [0.5, 0.6) is 6.01 Å². The lowest BCUT2D eigenvalue weighted by atomic mass is 9.89. The third-order valence-corrected chi connectivity index (χ3v) is 2.90. The topological polar surface area (TPSA) is 47.9 Å². The van der Waals surface area contributed by atoms with Gasteiger partial charge < -0.3 is 4.74 Å². The number of nitrogens with zero attached hydrogens (tertiary/aromatic N) is 3. The molecule has 0 radical (unpaired) electrons. The van der Waals surface area contributed by atoms with Gasteiger partial charge in [-0.25, -0.2) is 4.98 Å². The fourth-order valence-corrected chi connectivity index (χ4v) is 2.11. The van der Waals surface area contributed by atoms with Crippen molar-refractivity contribution in [1.82, 2.24) is 15.0 Å². The molecule has 1 aromatic heterocycles. The van der Waals surface area contributed by atoms with E-state index in [2.05, 4.69) is 15.0 Å². The maximum Gasteiger partial charge on any atom is 0.319 e. The van der Waals surface area contributed by atoms with Crippen LogP contribution >= 0.6 is 0 Å². The summed E-state index contributed by atoms with van der Waals surface area (Å²) < 4.78 is 5.06. The zero-order chi connectivity index (χ0) is 10.7. The van der Waals surface area contributed by atoms with Crippen molar-refractivity contribution in [3.05, 3.63) is 11.6 Å². The molecular weight excluding hydrogens is 190 g/mol. The van der Waals surface area contributed by atoms with E-state index in [0.29, 0.717) is 11.9 Å². The molecule has 1 aliphatic rings. The Morgan fingerprint density at radius 3 is 2.47 bits per heavy atom. The molecule has 2 rings (SSSR count). The van der Waals surface area contributed by atoms with Crippen LogP contribution in [0.4, 0.5) is 0 Å². The number of aromatic nitrogens is 3. The summed E-state index contributed by atoms with van der Waals surface area (Å²) >= 11 is 0. The van der Waals surface area contributed by atoms with Crippen molar-refractivity contribution in [2.45, 2.75) is 44.9 Å². The number of ether oxygens (including phenoxy) is 1. The molecule has 1 aliphatic carbocycles. The number of rotatable bonds is 2. The Bertz CT molecular complexity index is 335. The lowest BCUT2D eigenvalue weighted by Gasteiger charge is -2.20. The second kappa shape index (κ2) is 4.55. The lowest BCUT2D eigenvalue weighted by Crippen LogP contribution is -2.11. The molecule has 0 spiro atoms. The Labute approximate surface area is 90.1 Å². The van der Waals surface area contributed by atoms with Gasteiger partial charge in [0.05, 0.1) is 7.11 Å². The van der Waals surface area contributed by atoms with Crippen LogP contribution in [0.15, 0.2) is 0 Å². The SMILES string of the molecule is COc1nc(C)nc(C2CCCCC2)n1. The predicted molar refractivity (Wildman–Crippen MR) is 56.9 cm³/mol. The largest absolute Gasteiger partial charge is 0.467 e. The first-order valence-electron chi connectivity index (χ1n) is 5.56. The molecule has 1 heterocycles. The summed E-state index contributed by atoms with van der Waals surface area (Å²) in [6, 6.07) is 0.447. The van der Waals surface area contributed by atoms with E-state index < -0.39 is 0 Å². The molecule has 0 amide bonds. The summed E-state index contributed by atoms with van der Waals surface area (Å²) in [7, 11) is 1.60. The molecular formula is C11H17N3O. The van der Waals surface area contributed by atoms with Gasteiger partial charge in [-0.05, 0) is 19.8 Å². The third kappa shape index (κ3) is 2.43. The number of hydrogen-bond donors (Lipinski definition) is 0. The van der Waals surface area contributed by atoms with E-state index in [-0.39, 0.29) is 0 Å². The third-order valence-electron chi connectivity index (χ3n) is 2.90. The first-order valence-corrected chi connectivity index (χ1v) is 5.56. The van der Waals surface area contributed by atoms with Crippen LogP contribution in [-0.2, 0) is 0 Å². The van der Waals surface area contributed by atoms with E-state index in [9.17, 15) is 0 Å². The number of methoxy groups -OCH3 is 1. The van der Waals surface area contributed by atoms with Gasteiger partial charge in [0.2, 0.25) is 0 Å². The van der Waals surface area contributed by atoms with Crippen LogP contribution in [0, 0.1) is 6.92 Å². The maximum atomic E-state index is 5.06. The summed E-state index contributed by atoms with van der Waals surface area (Å²) in [5, 5.41) is 0. The molecule has 1 saturated carbocycles. The second-order valence-corrected chi connectivity index (χ2v) is 4.06. The van der Waals surface area contributed by atoms with Crippen LogP contribution in [-0.4, -0.2) is 22.1 Å². The van der Waals surface area contributed by atoms with Crippen molar-refractivity contribution >= 4 is 0 Å². The lowest BCUT2D eigenvalue weighted by molar-refractivity contribution is 0.364. The van der Waals surface area contributed by atoms with Gasteiger partial charge in [0.25, 0.3) is 0 Å². The van der Waals surface area contributed by atoms with E-state index in [4.69, 9.17) is 4.74 Å². The smallest absolute Gasteiger partial charge is 0.319 e. The summed E-state index contributed by atoms with van der Waals surface area (Å²) in [6.07, 6.45) is 6.33. The molecule has 4 heteroatoms. The molecule has 4 nitrogen and oxygen atoms in total. The molecule has 0 bridgehead atoms. The first kappa shape index (κ1) is 10.3. The standard InChI is InChI=1S/C11H17N3O/c1-8-12-10(14-11(13-8)15-2)9-6-4-3-5-7-9/h9H,3-7H2,1-2H3. The molecule has 0 aliphatic heterocycles. The van der Waals surface area contributed by atoms with Gasteiger partial charge in [0.15, 0.2) is 0 Å². The molecule has 15 heavy (non-hydrogen) atoms. The Morgan fingerprint density at radius 1 is 1.07 bits per heavy atom. The maximum absolute atomic E-state index is 5.06. The van der Waals surface area contributed by atoms with Crippen LogP contribution in [0.3, 0.4) is 0 Å². The van der Waals surface area contributed by atoms with Crippen LogP contribution in [0.1, 0.15) is 49.7 Å². The van der Waals surface area contributed by atoms with Gasteiger partial charge in [0, 0.05) is 5.92 Å². The highest BCUT2D eigenvalue weighted by Crippen LogP contribution is 2.30. The zero-order valence-electron chi connectivity index (χ0n) is 9.36. The molecule has 1 aromatic rings. The highest BCUT2D eigenvalue weighted by Gasteiger charge is 2.19. The minimum atomic E-state index is 0.447. The molecule has 1 fully saturated rings. The summed E-state index contributed by atoms with van der Waals surface area (Å²) in [5.41, 5.74) is 0. The van der Waals surface area contributed by atoms with Gasteiger partial charge >= 0.3 is 6.01 Å². The minimum absolute atomic E-state index is 0.447. The molecule has 0 unspecified atom stereocenters. The van der Waals surface area contributed by atoms with Gasteiger partial charge in [0.1, 0.15) is 11.6 Å². The Kier molecular flexibility index (Phi) is 3.14. The normalized spacial score (nSPS) is 17.7. The van der Waals surface area contributed by atoms with Gasteiger partial charge in [-0.15, -0.1) is 0 Å². The van der Waals surface area contributed by atoms with Crippen LogP contribution in [0.2, 0.25) is 0 Å². The van der Waals surface area contributed by atoms with Crippen molar-refractivity contribution in [3.8, 4) is 6.01 Å². The minimum Gasteiger partial charge on any atom is -0.467 e. The highest BCUT2D eigenvalue weighted by atomic mass is 16.5. The highest BCUT2D eigenvalue weighted by molar-refractivity contribution is 5.05. The van der Waals surface area contributed by atoms with Crippen molar-refractivity contribution in [2.24, 2.45) is 0 Å². The zero-order valence-corrected chi connectivity index (χ0v) is 9.36. The number of hydrogen-bond acceptors (Lipinski definition) is 4. The van der Waals surface area contributed by atoms with Crippen molar-refractivity contribution in [1.29, 1.82) is 0 Å². The molecule has 0 saturated heterocycles. The predicted octanol–water partition coefficient (Wildman–Crippen LogP) is 2.24. The van der Waals surface area contributed by atoms with E-state index >= 15 is 0 Å². The van der Waals surface area contributed by atoms with Crippen molar-refractivity contribution in [2.75, 3.05) is 7.11 Å². The van der Waals surface area contributed by atoms with Crippen molar-refractivity contribution < 1.29 is 4.74 Å². The Hall–Kier alpha value is -1.19. The second-order valence-electron chi connectivity index (χ2n) is 4.06. The van der Waals surface area contributed by atoms with E-state index in [0.717, 1.165) is 11.6 Å². The van der Waals surface area contributed by atoms with E-state index in [1.165, 1.54) is 32.1 Å². The summed E-state index contributed by atoms with van der Waals surface area (Å²) in [5.74, 6) is 2.18. The average molecular weight is 207 g/mol. The van der Waals surface area contributed by atoms with E-state index in [1.54, 1.807) is 7.11 Å². The summed E-state index contributed by atoms with van der Waals surface area (Å²) in [6.45, 7) is 1.89. The quantitative estimate of drug-likeness (QED) is 0.746. The van der Waals surface area contributed by atoms with E-state index in [1.807, 2.05) is 6.92 Å². The van der Waals surface area contributed by atoms with Crippen molar-refractivity contribution in [3.63, 3.8) is 0 Å². The van der Waals surface area contributed by atoms with Gasteiger partial charge in [-0.1, -0.05) is 19.3 Å². The first-order chi connectivity index (χ1) is 7.29. The fraction of sp³-hybridized carbons (Fsp3) is 0.727. The van der Waals surface area contributed by atoms with Crippen LogP contribution < -0.4 is 4.74 Å². The van der Waals surface area contributed by atoms with Gasteiger partial charge in [-0.2, -0.15) is 9.97 Å². The van der Waals surface area contributed by atoms with Crippen LogP contribution in [0.25, 0.3) is 0 Å². The number of aryl methyl sites for hydroxylation is 1. The monoisotopic (exact) mass is 207 g/mol. The molecule has 82 valence electrons. The molecule has 0 aromatic carbocycles.